The SMILES string of the molecule is Cc1cc(I)c(OCc2ccccc2)c(C(C)(C)C)c1. The van der Waals surface area contributed by atoms with Gasteiger partial charge in [0.1, 0.15) is 12.4 Å². The first-order valence-electron chi connectivity index (χ1n) is 6.85. The molecule has 0 aliphatic carbocycles. The van der Waals surface area contributed by atoms with Gasteiger partial charge in [-0.05, 0) is 52.1 Å². The molecule has 0 atom stereocenters. The molecule has 2 aromatic rings. The normalized spacial score (nSPS) is 11.4. The summed E-state index contributed by atoms with van der Waals surface area (Å²) < 4.78 is 7.31. The summed E-state index contributed by atoms with van der Waals surface area (Å²) in [6, 6.07) is 14.7. The summed E-state index contributed by atoms with van der Waals surface area (Å²) in [5.41, 5.74) is 3.84. The molecule has 0 saturated heterocycles. The van der Waals surface area contributed by atoms with Gasteiger partial charge in [-0.2, -0.15) is 0 Å². The van der Waals surface area contributed by atoms with E-state index in [0.29, 0.717) is 6.61 Å². The topological polar surface area (TPSA) is 9.23 Å². The van der Waals surface area contributed by atoms with Crippen molar-refractivity contribution in [3.05, 3.63) is 62.7 Å². The Hall–Kier alpha value is -1.03. The second-order valence-corrected chi connectivity index (χ2v) is 7.31. The van der Waals surface area contributed by atoms with Crippen molar-refractivity contribution in [1.29, 1.82) is 0 Å². The minimum Gasteiger partial charge on any atom is -0.487 e. The predicted molar refractivity (Wildman–Crippen MR) is 93.4 cm³/mol. The fraction of sp³-hybridized carbons (Fsp3) is 0.333. The summed E-state index contributed by atoms with van der Waals surface area (Å²) in [5.74, 6) is 1.02. The van der Waals surface area contributed by atoms with Crippen LogP contribution in [0.25, 0.3) is 0 Å². The first-order valence-corrected chi connectivity index (χ1v) is 7.93. The largest absolute Gasteiger partial charge is 0.487 e. The van der Waals surface area contributed by atoms with E-state index < -0.39 is 0 Å². The maximum absolute atomic E-state index is 6.13. The van der Waals surface area contributed by atoms with E-state index in [-0.39, 0.29) is 5.41 Å². The van der Waals surface area contributed by atoms with E-state index in [0.717, 1.165) is 5.75 Å². The highest BCUT2D eigenvalue weighted by Crippen LogP contribution is 2.36. The number of hydrogen-bond donors (Lipinski definition) is 0. The van der Waals surface area contributed by atoms with Crippen LogP contribution in [0.3, 0.4) is 0 Å². The molecule has 0 N–H and O–H groups in total. The summed E-state index contributed by atoms with van der Waals surface area (Å²) in [6.45, 7) is 9.44. The molecule has 2 rings (SSSR count). The lowest BCUT2D eigenvalue weighted by Crippen LogP contribution is -2.14. The predicted octanol–water partition coefficient (Wildman–Crippen LogP) is 5.48. The lowest BCUT2D eigenvalue weighted by atomic mass is 9.85. The highest BCUT2D eigenvalue weighted by molar-refractivity contribution is 14.1. The first kappa shape index (κ1) is 15.4. The van der Waals surface area contributed by atoms with E-state index in [1.807, 2.05) is 18.2 Å². The molecule has 0 amide bonds. The van der Waals surface area contributed by atoms with Crippen LogP contribution in [-0.2, 0) is 12.0 Å². The van der Waals surface area contributed by atoms with Gasteiger partial charge in [0.25, 0.3) is 0 Å². The minimum atomic E-state index is 0.0813. The maximum atomic E-state index is 6.13. The monoisotopic (exact) mass is 380 g/mol. The van der Waals surface area contributed by atoms with Gasteiger partial charge < -0.3 is 4.74 Å². The summed E-state index contributed by atoms with van der Waals surface area (Å²) in [7, 11) is 0. The van der Waals surface area contributed by atoms with Gasteiger partial charge >= 0.3 is 0 Å². The van der Waals surface area contributed by atoms with Gasteiger partial charge in [-0.1, -0.05) is 57.2 Å². The molecule has 0 spiro atoms. The third-order valence-corrected chi connectivity index (χ3v) is 4.02. The van der Waals surface area contributed by atoms with E-state index in [2.05, 4.69) is 74.6 Å². The molecule has 2 aromatic carbocycles. The Morgan fingerprint density at radius 3 is 2.30 bits per heavy atom. The molecule has 0 bridgehead atoms. The smallest absolute Gasteiger partial charge is 0.136 e. The maximum Gasteiger partial charge on any atom is 0.136 e. The Morgan fingerprint density at radius 1 is 1.05 bits per heavy atom. The van der Waals surface area contributed by atoms with Crippen molar-refractivity contribution in [3.8, 4) is 5.75 Å². The number of ether oxygens (including phenoxy) is 1. The number of halogens is 1. The van der Waals surface area contributed by atoms with Gasteiger partial charge in [-0.25, -0.2) is 0 Å². The number of rotatable bonds is 3. The summed E-state index contributed by atoms with van der Waals surface area (Å²) in [5, 5.41) is 0. The molecule has 0 aliphatic rings. The standard InChI is InChI=1S/C18H21IO/c1-13-10-15(18(2,3)4)17(16(19)11-13)20-12-14-8-6-5-7-9-14/h5-11H,12H2,1-4H3. The van der Waals surface area contributed by atoms with E-state index in [1.165, 1.54) is 20.3 Å². The molecule has 1 nitrogen and oxygen atoms in total. The quantitative estimate of drug-likeness (QED) is 0.641. The molecule has 0 aromatic heterocycles. The van der Waals surface area contributed by atoms with Crippen LogP contribution in [-0.4, -0.2) is 0 Å². The average molecular weight is 380 g/mol. The van der Waals surface area contributed by atoms with Gasteiger partial charge in [0.2, 0.25) is 0 Å². The summed E-state index contributed by atoms with van der Waals surface area (Å²) in [6.07, 6.45) is 0. The summed E-state index contributed by atoms with van der Waals surface area (Å²) >= 11 is 2.37. The second-order valence-electron chi connectivity index (χ2n) is 6.15. The summed E-state index contributed by atoms with van der Waals surface area (Å²) in [4.78, 5) is 0. The van der Waals surface area contributed by atoms with Crippen molar-refractivity contribution < 1.29 is 4.74 Å². The average Bonchev–Trinajstić information content (AvgIpc) is 2.37. The third-order valence-electron chi connectivity index (χ3n) is 3.22. The van der Waals surface area contributed by atoms with Crippen LogP contribution < -0.4 is 4.74 Å². The number of hydrogen-bond acceptors (Lipinski definition) is 1. The van der Waals surface area contributed by atoms with Crippen LogP contribution in [0.2, 0.25) is 0 Å². The van der Waals surface area contributed by atoms with E-state index >= 15 is 0 Å². The highest BCUT2D eigenvalue weighted by Gasteiger charge is 2.21. The van der Waals surface area contributed by atoms with Crippen molar-refractivity contribution in [1.82, 2.24) is 0 Å². The molecule has 106 valence electrons. The second kappa shape index (κ2) is 6.17. The Kier molecular flexibility index (Phi) is 4.74. The van der Waals surface area contributed by atoms with Crippen LogP contribution in [0, 0.1) is 10.5 Å². The molecular formula is C18H21IO. The molecule has 0 radical (unpaired) electrons. The fourth-order valence-corrected chi connectivity index (χ4v) is 3.10. The zero-order valence-electron chi connectivity index (χ0n) is 12.5. The molecule has 0 unspecified atom stereocenters. The Labute approximate surface area is 135 Å². The number of aryl methyl sites for hydroxylation is 1. The molecule has 0 fully saturated rings. The molecule has 0 aliphatic heterocycles. The van der Waals surface area contributed by atoms with Crippen molar-refractivity contribution >= 4 is 22.6 Å². The third kappa shape index (κ3) is 3.75. The van der Waals surface area contributed by atoms with Crippen molar-refractivity contribution in [2.24, 2.45) is 0 Å². The van der Waals surface area contributed by atoms with Crippen molar-refractivity contribution in [2.45, 2.75) is 39.7 Å². The molecule has 0 saturated carbocycles. The van der Waals surface area contributed by atoms with E-state index in [4.69, 9.17) is 4.74 Å². The number of benzene rings is 2. The van der Waals surface area contributed by atoms with Gasteiger partial charge in [0, 0.05) is 5.56 Å². The van der Waals surface area contributed by atoms with Crippen molar-refractivity contribution in [2.75, 3.05) is 0 Å². The molecule has 20 heavy (non-hydrogen) atoms. The van der Waals surface area contributed by atoms with Gasteiger partial charge in [-0.3, -0.25) is 0 Å². The van der Waals surface area contributed by atoms with Gasteiger partial charge in [0.15, 0.2) is 0 Å². The highest BCUT2D eigenvalue weighted by atomic mass is 127. The Bertz CT molecular complexity index is 582. The Balaban J connectivity index is 2.31. The Morgan fingerprint density at radius 2 is 1.70 bits per heavy atom. The molecule has 0 heterocycles. The lowest BCUT2D eigenvalue weighted by molar-refractivity contribution is 0.295. The molecular weight excluding hydrogens is 359 g/mol. The van der Waals surface area contributed by atoms with Crippen LogP contribution in [0.5, 0.6) is 5.75 Å². The van der Waals surface area contributed by atoms with Crippen LogP contribution >= 0.6 is 22.6 Å². The zero-order valence-corrected chi connectivity index (χ0v) is 14.7. The van der Waals surface area contributed by atoms with Gasteiger partial charge in [-0.15, -0.1) is 0 Å². The molecule has 2 heteroatoms. The van der Waals surface area contributed by atoms with E-state index in [1.54, 1.807) is 0 Å². The van der Waals surface area contributed by atoms with E-state index in [9.17, 15) is 0 Å². The lowest BCUT2D eigenvalue weighted by Gasteiger charge is -2.24. The zero-order chi connectivity index (χ0) is 14.8. The van der Waals surface area contributed by atoms with Crippen LogP contribution in [0.4, 0.5) is 0 Å². The van der Waals surface area contributed by atoms with Gasteiger partial charge in [0.05, 0.1) is 3.57 Å². The van der Waals surface area contributed by atoms with Crippen LogP contribution in [0.1, 0.15) is 37.5 Å². The van der Waals surface area contributed by atoms with Crippen LogP contribution in [0.15, 0.2) is 42.5 Å². The minimum absolute atomic E-state index is 0.0813. The fourth-order valence-electron chi connectivity index (χ4n) is 2.16. The van der Waals surface area contributed by atoms with Crippen molar-refractivity contribution in [3.63, 3.8) is 0 Å². The first-order chi connectivity index (χ1) is 9.38.